The van der Waals surface area contributed by atoms with Gasteiger partial charge in [-0.3, -0.25) is 14.6 Å². The van der Waals surface area contributed by atoms with Gasteiger partial charge < -0.3 is 15.6 Å². The number of aromatic amines is 2. The summed E-state index contributed by atoms with van der Waals surface area (Å²) in [7, 11) is 0. The number of rotatable bonds is 4. The predicted octanol–water partition coefficient (Wildman–Crippen LogP) is 0.626. The third kappa shape index (κ3) is 5.06. The minimum Gasteiger partial charge on any atom is -0.352 e. The zero-order valence-electron chi connectivity index (χ0n) is 14.2. The fourth-order valence-corrected chi connectivity index (χ4v) is 3.78. The summed E-state index contributed by atoms with van der Waals surface area (Å²) in [6, 6.07) is 0. The van der Waals surface area contributed by atoms with E-state index in [1.807, 2.05) is 0 Å². The molecule has 2 rings (SSSR count). The van der Waals surface area contributed by atoms with E-state index in [2.05, 4.69) is 48.3 Å². The van der Waals surface area contributed by atoms with Gasteiger partial charge in [0.25, 0.3) is 5.56 Å². The Labute approximate surface area is 135 Å². The van der Waals surface area contributed by atoms with Gasteiger partial charge in [-0.05, 0) is 46.5 Å². The average molecular weight is 322 g/mol. The third-order valence-corrected chi connectivity index (χ3v) is 4.12. The number of aromatic nitrogens is 2. The van der Waals surface area contributed by atoms with Crippen LogP contribution >= 0.6 is 0 Å². The highest BCUT2D eigenvalue weighted by molar-refractivity contribution is 5.76. The Kier molecular flexibility index (Phi) is 4.79. The zero-order valence-corrected chi connectivity index (χ0v) is 14.2. The molecule has 0 radical (unpaired) electrons. The van der Waals surface area contributed by atoms with Crippen molar-refractivity contribution in [2.45, 2.75) is 64.6 Å². The van der Waals surface area contributed by atoms with Gasteiger partial charge in [0.15, 0.2) is 0 Å². The van der Waals surface area contributed by atoms with Gasteiger partial charge >= 0.3 is 5.69 Å². The van der Waals surface area contributed by atoms with E-state index in [0.717, 1.165) is 12.8 Å². The largest absolute Gasteiger partial charge is 0.352 e. The number of piperidine rings is 1. The standard InChI is InChI=1S/C16H26N4O3/c1-15(2)6-10(7-16(3,4)20-15)5-12(21)17-8-11-9-18-14(23)19-13(11)22/h9-10,20H,5-8H2,1-4H3,(H,17,21)(H2,18,19,22,23). The Balaban J connectivity index is 1.92. The summed E-state index contributed by atoms with van der Waals surface area (Å²) in [6.45, 7) is 8.72. The van der Waals surface area contributed by atoms with E-state index in [4.69, 9.17) is 0 Å². The van der Waals surface area contributed by atoms with Gasteiger partial charge in [-0.25, -0.2) is 4.79 Å². The molecular weight excluding hydrogens is 296 g/mol. The summed E-state index contributed by atoms with van der Waals surface area (Å²) >= 11 is 0. The first kappa shape index (κ1) is 17.5. The maximum atomic E-state index is 12.2. The number of carbonyl (C=O) groups excluding carboxylic acids is 1. The first-order valence-corrected chi connectivity index (χ1v) is 7.93. The maximum absolute atomic E-state index is 12.2. The van der Waals surface area contributed by atoms with E-state index < -0.39 is 11.2 Å². The molecule has 23 heavy (non-hydrogen) atoms. The molecule has 1 aliphatic heterocycles. The molecule has 0 aliphatic carbocycles. The normalized spacial score (nSPS) is 20.2. The van der Waals surface area contributed by atoms with Crippen LogP contribution in [0.1, 0.15) is 52.5 Å². The fourth-order valence-electron chi connectivity index (χ4n) is 3.78. The van der Waals surface area contributed by atoms with Crippen molar-refractivity contribution >= 4 is 5.91 Å². The van der Waals surface area contributed by atoms with Crippen LogP contribution in [-0.2, 0) is 11.3 Å². The summed E-state index contributed by atoms with van der Waals surface area (Å²) in [5.41, 5.74) is -0.683. The van der Waals surface area contributed by atoms with Crippen LogP contribution in [0.15, 0.2) is 15.8 Å². The van der Waals surface area contributed by atoms with E-state index in [1.54, 1.807) is 0 Å². The molecule has 1 fully saturated rings. The molecule has 0 aromatic carbocycles. The minimum atomic E-state index is -0.552. The molecule has 0 spiro atoms. The molecular formula is C16H26N4O3. The second-order valence-electron chi connectivity index (χ2n) is 7.75. The lowest BCUT2D eigenvalue weighted by atomic mass is 9.74. The van der Waals surface area contributed by atoms with Crippen molar-refractivity contribution in [3.63, 3.8) is 0 Å². The molecule has 1 aliphatic rings. The van der Waals surface area contributed by atoms with Crippen LogP contribution in [-0.4, -0.2) is 27.0 Å². The van der Waals surface area contributed by atoms with Crippen molar-refractivity contribution in [3.8, 4) is 0 Å². The van der Waals surface area contributed by atoms with E-state index in [9.17, 15) is 14.4 Å². The summed E-state index contributed by atoms with van der Waals surface area (Å²) in [5, 5.41) is 6.35. The molecule has 7 heteroatoms. The van der Waals surface area contributed by atoms with Crippen LogP contribution in [0.3, 0.4) is 0 Å². The van der Waals surface area contributed by atoms with Gasteiger partial charge in [0, 0.05) is 30.2 Å². The third-order valence-electron chi connectivity index (χ3n) is 4.12. The first-order valence-electron chi connectivity index (χ1n) is 7.93. The molecule has 1 amide bonds. The summed E-state index contributed by atoms with van der Waals surface area (Å²) in [4.78, 5) is 39.2. The molecule has 4 N–H and O–H groups in total. The smallest absolute Gasteiger partial charge is 0.325 e. The van der Waals surface area contributed by atoms with Crippen molar-refractivity contribution < 1.29 is 4.79 Å². The van der Waals surface area contributed by atoms with E-state index in [1.165, 1.54) is 6.20 Å². The van der Waals surface area contributed by atoms with Crippen molar-refractivity contribution in [2.75, 3.05) is 0 Å². The topological polar surface area (TPSA) is 107 Å². The number of carbonyl (C=O) groups is 1. The van der Waals surface area contributed by atoms with E-state index in [-0.39, 0.29) is 23.5 Å². The van der Waals surface area contributed by atoms with Crippen LogP contribution in [0, 0.1) is 5.92 Å². The molecule has 0 bridgehead atoms. The van der Waals surface area contributed by atoms with Crippen LogP contribution in [0.5, 0.6) is 0 Å². The molecule has 0 atom stereocenters. The maximum Gasteiger partial charge on any atom is 0.325 e. The van der Waals surface area contributed by atoms with Crippen LogP contribution in [0.4, 0.5) is 0 Å². The predicted molar refractivity (Wildman–Crippen MR) is 88.2 cm³/mol. The van der Waals surface area contributed by atoms with Crippen molar-refractivity contribution in [1.29, 1.82) is 0 Å². The van der Waals surface area contributed by atoms with Crippen molar-refractivity contribution in [3.05, 3.63) is 32.6 Å². The Hall–Kier alpha value is -1.89. The lowest BCUT2D eigenvalue weighted by Crippen LogP contribution is -2.58. The van der Waals surface area contributed by atoms with E-state index in [0.29, 0.717) is 17.9 Å². The number of H-pyrrole nitrogens is 2. The quantitative estimate of drug-likeness (QED) is 0.652. The highest BCUT2D eigenvalue weighted by Crippen LogP contribution is 2.34. The summed E-state index contributed by atoms with van der Waals surface area (Å²) < 4.78 is 0. The van der Waals surface area contributed by atoms with Gasteiger partial charge in [-0.1, -0.05) is 0 Å². The Morgan fingerprint density at radius 2 is 1.83 bits per heavy atom. The number of amides is 1. The molecule has 1 aromatic rings. The highest BCUT2D eigenvalue weighted by atomic mass is 16.2. The van der Waals surface area contributed by atoms with Crippen molar-refractivity contribution in [1.82, 2.24) is 20.6 Å². The lowest BCUT2D eigenvalue weighted by molar-refractivity contribution is -0.122. The summed E-state index contributed by atoms with van der Waals surface area (Å²) in [6.07, 6.45) is 3.64. The average Bonchev–Trinajstić information content (AvgIpc) is 2.33. The second-order valence-corrected chi connectivity index (χ2v) is 7.75. The number of hydrogen-bond donors (Lipinski definition) is 4. The fraction of sp³-hybridized carbons (Fsp3) is 0.688. The van der Waals surface area contributed by atoms with Crippen LogP contribution < -0.4 is 21.9 Å². The highest BCUT2D eigenvalue weighted by Gasteiger charge is 2.38. The molecule has 0 unspecified atom stereocenters. The molecule has 128 valence electrons. The molecule has 7 nitrogen and oxygen atoms in total. The van der Waals surface area contributed by atoms with Gasteiger partial charge in [-0.2, -0.15) is 0 Å². The second kappa shape index (κ2) is 6.31. The Morgan fingerprint density at radius 1 is 1.22 bits per heavy atom. The molecule has 1 saturated heterocycles. The Bertz CT molecular complexity index is 671. The Morgan fingerprint density at radius 3 is 2.39 bits per heavy atom. The van der Waals surface area contributed by atoms with Crippen LogP contribution in [0.25, 0.3) is 0 Å². The SMILES string of the molecule is CC1(C)CC(CC(=O)NCc2c[nH]c(=O)[nH]c2=O)CC(C)(C)N1. The number of nitrogens with one attached hydrogen (secondary N) is 4. The first-order chi connectivity index (χ1) is 10.6. The van der Waals surface area contributed by atoms with Gasteiger partial charge in [0.1, 0.15) is 0 Å². The summed E-state index contributed by atoms with van der Waals surface area (Å²) in [5.74, 6) is 0.226. The van der Waals surface area contributed by atoms with E-state index >= 15 is 0 Å². The van der Waals surface area contributed by atoms with Gasteiger partial charge in [0.05, 0.1) is 5.56 Å². The molecule has 0 saturated carbocycles. The van der Waals surface area contributed by atoms with Crippen molar-refractivity contribution in [2.24, 2.45) is 5.92 Å². The minimum absolute atomic E-state index is 0.00274. The zero-order chi connectivity index (χ0) is 17.3. The van der Waals surface area contributed by atoms with Gasteiger partial charge in [0.2, 0.25) is 5.91 Å². The monoisotopic (exact) mass is 322 g/mol. The number of hydrogen-bond acceptors (Lipinski definition) is 4. The lowest BCUT2D eigenvalue weighted by Gasteiger charge is -2.46. The molecule has 2 heterocycles. The van der Waals surface area contributed by atoms with Gasteiger partial charge in [-0.15, -0.1) is 0 Å². The van der Waals surface area contributed by atoms with Crippen LogP contribution in [0.2, 0.25) is 0 Å². The molecule has 1 aromatic heterocycles.